The van der Waals surface area contributed by atoms with E-state index in [1.54, 1.807) is 0 Å². The molecule has 0 saturated carbocycles. The first-order chi connectivity index (χ1) is 8.24. The summed E-state index contributed by atoms with van der Waals surface area (Å²) in [5, 5.41) is 2.78. The van der Waals surface area contributed by atoms with Gasteiger partial charge in [-0.3, -0.25) is 4.79 Å². The smallest absolute Gasteiger partial charge is 0.254 e. The highest BCUT2D eigenvalue weighted by Gasteiger charge is 2.23. The summed E-state index contributed by atoms with van der Waals surface area (Å²) in [6.07, 6.45) is 0. The van der Waals surface area contributed by atoms with Gasteiger partial charge in [-0.15, -0.1) is 12.6 Å². The number of carbonyl (C=O) groups is 1. The number of carbonyl (C=O) groups excluding carboxylic acids is 1. The van der Waals surface area contributed by atoms with E-state index in [0.29, 0.717) is 17.4 Å². The number of hydrogen-bond donors (Lipinski definition) is 2. The lowest BCUT2D eigenvalue weighted by atomic mass is 9.81. The third-order valence-corrected chi connectivity index (χ3v) is 3.74. The van der Waals surface area contributed by atoms with Gasteiger partial charge in [0.25, 0.3) is 5.91 Å². The van der Waals surface area contributed by atoms with Crippen molar-refractivity contribution in [3.8, 4) is 0 Å². The summed E-state index contributed by atoms with van der Waals surface area (Å²) in [6.45, 7) is 8.86. The zero-order valence-corrected chi connectivity index (χ0v) is 12.1. The van der Waals surface area contributed by atoms with E-state index in [4.69, 9.17) is 0 Å². The van der Waals surface area contributed by atoms with E-state index in [1.165, 1.54) is 18.2 Å². The quantitative estimate of drug-likeness (QED) is 0.805. The highest BCUT2D eigenvalue weighted by molar-refractivity contribution is 7.80. The van der Waals surface area contributed by atoms with Gasteiger partial charge in [0.15, 0.2) is 0 Å². The maximum atomic E-state index is 13.5. The van der Waals surface area contributed by atoms with Gasteiger partial charge in [0.1, 0.15) is 5.82 Å². The summed E-state index contributed by atoms with van der Waals surface area (Å²) in [7, 11) is 0. The minimum absolute atomic E-state index is 0.0231. The Balaban J connectivity index is 2.75. The van der Waals surface area contributed by atoms with Gasteiger partial charge in [-0.25, -0.2) is 4.39 Å². The van der Waals surface area contributed by atoms with E-state index in [9.17, 15) is 9.18 Å². The molecule has 0 radical (unpaired) electrons. The molecule has 0 aromatic heterocycles. The molecule has 0 aliphatic heterocycles. The molecule has 0 spiro atoms. The van der Waals surface area contributed by atoms with E-state index in [1.807, 2.05) is 0 Å². The molecule has 0 heterocycles. The molecular formula is C14H20FNOS. The largest absolute Gasteiger partial charge is 0.351 e. The minimum atomic E-state index is -0.521. The molecule has 0 fully saturated rings. The fourth-order valence-electron chi connectivity index (χ4n) is 1.29. The Morgan fingerprint density at radius 1 is 1.44 bits per heavy atom. The third kappa shape index (κ3) is 3.73. The summed E-state index contributed by atoms with van der Waals surface area (Å²) in [5.41, 5.74) is 0.0205. The molecule has 0 aliphatic carbocycles. The van der Waals surface area contributed by atoms with Gasteiger partial charge >= 0.3 is 0 Å². The highest BCUT2D eigenvalue weighted by Crippen LogP contribution is 2.25. The molecule has 0 atom stereocenters. The monoisotopic (exact) mass is 269 g/mol. The Morgan fingerprint density at radius 2 is 2.06 bits per heavy atom. The topological polar surface area (TPSA) is 29.1 Å². The van der Waals surface area contributed by atoms with Crippen LogP contribution in [-0.2, 0) is 0 Å². The van der Waals surface area contributed by atoms with Crippen molar-refractivity contribution < 1.29 is 9.18 Å². The van der Waals surface area contributed by atoms with E-state index in [0.717, 1.165) is 0 Å². The zero-order chi connectivity index (χ0) is 13.9. The molecule has 0 unspecified atom stereocenters. The maximum absolute atomic E-state index is 13.5. The van der Waals surface area contributed by atoms with Crippen LogP contribution in [0.25, 0.3) is 0 Å². The highest BCUT2D eigenvalue weighted by atomic mass is 32.1. The van der Waals surface area contributed by atoms with Crippen molar-refractivity contribution in [2.24, 2.45) is 11.3 Å². The number of benzene rings is 1. The van der Waals surface area contributed by atoms with E-state index in [2.05, 4.69) is 45.6 Å². The zero-order valence-electron chi connectivity index (χ0n) is 11.2. The van der Waals surface area contributed by atoms with Crippen LogP contribution < -0.4 is 5.32 Å². The van der Waals surface area contributed by atoms with Crippen molar-refractivity contribution in [3.05, 3.63) is 29.6 Å². The lowest BCUT2D eigenvalue weighted by Crippen LogP contribution is -2.37. The molecule has 0 aliphatic rings. The molecule has 1 N–H and O–H groups in total. The maximum Gasteiger partial charge on any atom is 0.254 e. The second-order valence-electron chi connectivity index (χ2n) is 5.49. The molecule has 4 heteroatoms. The molecule has 100 valence electrons. The average Bonchev–Trinajstić information content (AvgIpc) is 2.29. The Morgan fingerprint density at radius 3 is 2.61 bits per heavy atom. The van der Waals surface area contributed by atoms with Gasteiger partial charge in [0.2, 0.25) is 0 Å². The van der Waals surface area contributed by atoms with Gasteiger partial charge in [-0.1, -0.05) is 27.7 Å². The molecule has 1 amide bonds. The molecule has 1 aromatic carbocycles. The van der Waals surface area contributed by atoms with E-state index < -0.39 is 11.7 Å². The van der Waals surface area contributed by atoms with Gasteiger partial charge < -0.3 is 5.32 Å². The van der Waals surface area contributed by atoms with Crippen LogP contribution in [-0.4, -0.2) is 12.5 Å². The van der Waals surface area contributed by atoms with Gasteiger partial charge in [-0.2, -0.15) is 0 Å². The second kappa shape index (κ2) is 5.74. The lowest BCUT2D eigenvalue weighted by Gasteiger charge is -2.29. The predicted molar refractivity (Wildman–Crippen MR) is 74.6 cm³/mol. The number of amides is 1. The fraction of sp³-hybridized carbons (Fsp3) is 0.500. The summed E-state index contributed by atoms with van der Waals surface area (Å²) in [4.78, 5) is 12.5. The van der Waals surface area contributed by atoms with Crippen LogP contribution in [0, 0.1) is 17.2 Å². The first kappa shape index (κ1) is 15.0. The van der Waals surface area contributed by atoms with Crippen LogP contribution in [0.4, 0.5) is 4.39 Å². The number of nitrogens with one attached hydrogen (secondary N) is 1. The van der Waals surface area contributed by atoms with Crippen molar-refractivity contribution in [1.29, 1.82) is 0 Å². The summed E-state index contributed by atoms with van der Waals surface area (Å²) < 4.78 is 13.5. The number of hydrogen-bond acceptors (Lipinski definition) is 2. The molecule has 1 aromatic rings. The molecule has 2 nitrogen and oxygen atoms in total. The number of thiol groups is 1. The van der Waals surface area contributed by atoms with Crippen LogP contribution in [0.5, 0.6) is 0 Å². The minimum Gasteiger partial charge on any atom is -0.351 e. The van der Waals surface area contributed by atoms with Crippen molar-refractivity contribution in [1.82, 2.24) is 5.32 Å². The summed E-state index contributed by atoms with van der Waals surface area (Å²) >= 11 is 4.11. The van der Waals surface area contributed by atoms with Crippen molar-refractivity contribution in [2.45, 2.75) is 32.6 Å². The van der Waals surface area contributed by atoms with Crippen LogP contribution in [0.1, 0.15) is 38.1 Å². The van der Waals surface area contributed by atoms with Crippen LogP contribution in [0.3, 0.4) is 0 Å². The van der Waals surface area contributed by atoms with Gasteiger partial charge in [0, 0.05) is 11.4 Å². The van der Waals surface area contributed by atoms with Crippen LogP contribution in [0.2, 0.25) is 0 Å². The van der Waals surface area contributed by atoms with Crippen LogP contribution >= 0.6 is 12.6 Å². The Hall–Kier alpha value is -1.03. The normalized spacial score (nSPS) is 11.7. The van der Waals surface area contributed by atoms with E-state index in [-0.39, 0.29) is 11.0 Å². The average molecular weight is 269 g/mol. The second-order valence-corrected chi connectivity index (χ2v) is 6.01. The molecule has 0 bridgehead atoms. The number of rotatable bonds is 4. The third-order valence-electron chi connectivity index (χ3n) is 3.46. The fourth-order valence-corrected chi connectivity index (χ4v) is 1.50. The van der Waals surface area contributed by atoms with Crippen molar-refractivity contribution in [3.63, 3.8) is 0 Å². The summed E-state index contributed by atoms with van der Waals surface area (Å²) in [5.74, 6) is -0.483. The predicted octanol–water partition coefficient (Wildman–Crippen LogP) is 3.53. The van der Waals surface area contributed by atoms with Crippen LogP contribution in [0.15, 0.2) is 23.1 Å². The first-order valence-electron chi connectivity index (χ1n) is 6.01. The Labute approximate surface area is 113 Å². The SMILES string of the molecule is CC(C)C(C)(C)CNC(=O)c1cc(S)ccc1F. The number of halogens is 1. The molecular weight excluding hydrogens is 249 g/mol. The van der Waals surface area contributed by atoms with Crippen molar-refractivity contribution in [2.75, 3.05) is 6.54 Å². The standard InChI is InChI=1S/C14H20FNOS/c1-9(2)14(3,4)8-16-13(17)11-7-10(18)5-6-12(11)15/h5-7,9,18H,8H2,1-4H3,(H,16,17). The Bertz CT molecular complexity index is 443. The first-order valence-corrected chi connectivity index (χ1v) is 6.45. The Kier molecular flexibility index (Phi) is 4.79. The van der Waals surface area contributed by atoms with Gasteiger partial charge in [-0.05, 0) is 29.5 Å². The lowest BCUT2D eigenvalue weighted by molar-refractivity contribution is 0.0920. The molecule has 18 heavy (non-hydrogen) atoms. The molecule has 1 rings (SSSR count). The van der Waals surface area contributed by atoms with Gasteiger partial charge in [0.05, 0.1) is 5.56 Å². The summed E-state index contributed by atoms with van der Waals surface area (Å²) in [6, 6.07) is 4.22. The van der Waals surface area contributed by atoms with E-state index >= 15 is 0 Å². The van der Waals surface area contributed by atoms with Crippen molar-refractivity contribution >= 4 is 18.5 Å². The molecule has 0 saturated heterocycles.